The highest BCUT2D eigenvalue weighted by Crippen LogP contribution is 2.45. The third-order valence-corrected chi connectivity index (χ3v) is 9.94. The van der Waals surface area contributed by atoms with E-state index in [-0.39, 0.29) is 8.67 Å². The maximum atomic E-state index is 6.28. The molecule has 0 amide bonds. The molecule has 1 unspecified atom stereocenters. The molecule has 7 rings (SSSR count). The Bertz CT molecular complexity index is 1900. The maximum absolute atomic E-state index is 6.28. The van der Waals surface area contributed by atoms with Gasteiger partial charge in [-0.05, 0) is 77.2 Å². The summed E-state index contributed by atoms with van der Waals surface area (Å²) in [5.74, 6) is 0. The summed E-state index contributed by atoms with van der Waals surface area (Å²) in [6, 6.07) is 34.3. The van der Waals surface area contributed by atoms with Gasteiger partial charge in [0.1, 0.15) is 11.2 Å². The van der Waals surface area contributed by atoms with Crippen molar-refractivity contribution in [1.29, 1.82) is 0 Å². The highest BCUT2D eigenvalue weighted by Gasteiger charge is 2.33. The fraction of sp³-hybridized carbons (Fsp3) is 0.316. The van der Waals surface area contributed by atoms with Gasteiger partial charge in [-0.2, -0.15) is 0 Å². The number of hydrogen-bond acceptors (Lipinski definition) is 3. The first-order chi connectivity index (χ1) is 20.8. The summed E-state index contributed by atoms with van der Waals surface area (Å²) in [5.41, 5.74) is 6.17. The highest BCUT2D eigenvalue weighted by atomic mass is 31.1. The first-order valence-corrected chi connectivity index (χ1v) is 16.6. The average Bonchev–Trinajstić information content (AvgIpc) is 3.35. The van der Waals surface area contributed by atoms with E-state index in [9.17, 15) is 0 Å². The number of aryl methyl sites for hydroxylation is 1. The summed E-state index contributed by atoms with van der Waals surface area (Å²) in [5, 5.41) is 7.24. The van der Waals surface area contributed by atoms with Gasteiger partial charge in [0.05, 0.1) is 6.04 Å². The lowest BCUT2D eigenvalue weighted by molar-refractivity contribution is 0.439. The highest BCUT2D eigenvalue weighted by molar-refractivity contribution is 7.15. The molecule has 1 aliphatic carbocycles. The predicted octanol–water partition coefficient (Wildman–Crippen LogP) is 11.9. The number of anilines is 1. The van der Waals surface area contributed by atoms with Crippen LogP contribution < -0.4 is 4.90 Å². The molecule has 0 bridgehead atoms. The monoisotopic (exact) mass is 573 g/mol. The van der Waals surface area contributed by atoms with E-state index in [2.05, 4.69) is 110 Å². The van der Waals surface area contributed by atoms with Crippen LogP contribution in [0.3, 0.4) is 0 Å². The SMILES string of the molecule is CCCCC(CCCC)N(c1cccc2c1ccc1o[pH]oc3ccc4ccccc4c3c12)[C@H]1CCc2ccccc21. The molecule has 0 fully saturated rings. The minimum absolute atomic E-state index is 0.0674. The number of hydrogen-bond donors (Lipinski definition) is 0. The minimum Gasteiger partial charge on any atom is -0.421 e. The zero-order chi connectivity index (χ0) is 28.5. The Hall–Kier alpha value is -3.68. The predicted molar refractivity (Wildman–Crippen MR) is 181 cm³/mol. The second kappa shape index (κ2) is 11.9. The smallest absolute Gasteiger partial charge is 0.201 e. The summed E-state index contributed by atoms with van der Waals surface area (Å²) in [4.78, 5) is 2.84. The molecule has 5 aromatic carbocycles. The molecular weight excluding hydrogens is 533 g/mol. The summed E-state index contributed by atoms with van der Waals surface area (Å²) in [6.45, 7) is 4.65. The van der Waals surface area contributed by atoms with Crippen molar-refractivity contribution in [2.24, 2.45) is 0 Å². The van der Waals surface area contributed by atoms with Gasteiger partial charge < -0.3 is 13.3 Å². The van der Waals surface area contributed by atoms with E-state index in [4.69, 9.17) is 8.39 Å². The summed E-state index contributed by atoms with van der Waals surface area (Å²) < 4.78 is 12.5. The maximum Gasteiger partial charge on any atom is 0.201 e. The fourth-order valence-corrected chi connectivity index (χ4v) is 7.90. The second-order valence-corrected chi connectivity index (χ2v) is 12.4. The lowest BCUT2D eigenvalue weighted by Gasteiger charge is -2.40. The van der Waals surface area contributed by atoms with Crippen LogP contribution in [0.4, 0.5) is 5.69 Å². The summed E-state index contributed by atoms with van der Waals surface area (Å²) in [6.07, 6.45) is 9.73. The Labute approximate surface area is 250 Å². The molecule has 0 aliphatic heterocycles. The normalized spacial score (nSPS) is 15.0. The van der Waals surface area contributed by atoms with Crippen LogP contribution in [-0.2, 0) is 6.42 Å². The Balaban J connectivity index is 1.52. The number of nitrogens with zero attached hydrogens (tertiary/aromatic N) is 1. The Morgan fingerprint density at radius 3 is 2.21 bits per heavy atom. The fourth-order valence-electron chi connectivity index (χ4n) is 7.34. The largest absolute Gasteiger partial charge is 0.421 e. The minimum atomic E-state index is -0.0674. The third kappa shape index (κ3) is 4.78. The second-order valence-electron chi connectivity index (χ2n) is 11.9. The molecule has 0 N–H and O–H groups in total. The van der Waals surface area contributed by atoms with E-state index in [0.29, 0.717) is 12.1 Å². The van der Waals surface area contributed by atoms with Gasteiger partial charge in [0.2, 0.25) is 8.67 Å². The van der Waals surface area contributed by atoms with E-state index in [1.807, 2.05) is 0 Å². The van der Waals surface area contributed by atoms with Crippen molar-refractivity contribution in [2.45, 2.75) is 77.3 Å². The molecule has 2 atom stereocenters. The molecular formula is C38H40NO2P. The van der Waals surface area contributed by atoms with Crippen LogP contribution >= 0.6 is 8.67 Å². The van der Waals surface area contributed by atoms with Gasteiger partial charge in [-0.25, -0.2) is 0 Å². The van der Waals surface area contributed by atoms with Crippen LogP contribution in [0, 0.1) is 0 Å². The number of unbranched alkanes of at least 4 members (excludes halogenated alkanes) is 2. The topological polar surface area (TPSA) is 29.5 Å². The van der Waals surface area contributed by atoms with Gasteiger partial charge in [-0.3, -0.25) is 0 Å². The molecule has 1 aliphatic rings. The standard InChI is InChI=1S/C38H40NO2P/c1-3-5-14-28(15-6-4-2)39(34-23-20-26-12-7-9-16-29(26)34)33-19-11-18-32-31(33)22-25-36-38(32)37-30-17-10-8-13-27(30)21-24-35(37)40-42-41-36/h7-13,16-19,21-22,24-25,28,34,42H,3-6,14-15,20,23H2,1-2H3/t34-/m0/s1. The lowest BCUT2D eigenvalue weighted by Crippen LogP contribution is -2.38. The number of fused-ring (bicyclic) bond motifs is 8. The molecule has 0 radical (unpaired) electrons. The van der Waals surface area contributed by atoms with Gasteiger partial charge >= 0.3 is 0 Å². The van der Waals surface area contributed by atoms with E-state index in [1.54, 1.807) is 0 Å². The van der Waals surface area contributed by atoms with Crippen LogP contribution in [0.15, 0.2) is 99.4 Å². The van der Waals surface area contributed by atoms with Crippen LogP contribution in [0.5, 0.6) is 0 Å². The average molecular weight is 574 g/mol. The van der Waals surface area contributed by atoms with Crippen molar-refractivity contribution in [3.63, 3.8) is 0 Å². The van der Waals surface area contributed by atoms with Crippen molar-refractivity contribution in [1.82, 2.24) is 0 Å². The lowest BCUT2D eigenvalue weighted by atomic mass is 9.94. The van der Waals surface area contributed by atoms with Gasteiger partial charge in [-0.1, -0.05) is 106 Å². The number of rotatable bonds is 9. The molecule has 4 heteroatoms. The van der Waals surface area contributed by atoms with E-state index >= 15 is 0 Å². The van der Waals surface area contributed by atoms with E-state index in [0.717, 1.165) is 28.4 Å². The molecule has 42 heavy (non-hydrogen) atoms. The number of benzene rings is 5. The molecule has 1 aromatic heterocycles. The first-order valence-electron chi connectivity index (χ1n) is 15.8. The molecule has 0 saturated heterocycles. The van der Waals surface area contributed by atoms with Crippen molar-refractivity contribution in [2.75, 3.05) is 4.90 Å². The van der Waals surface area contributed by atoms with Crippen molar-refractivity contribution >= 4 is 57.8 Å². The Kier molecular flexibility index (Phi) is 7.70. The van der Waals surface area contributed by atoms with Crippen LogP contribution in [0.1, 0.15) is 76.0 Å². The van der Waals surface area contributed by atoms with Crippen molar-refractivity contribution in [3.8, 4) is 0 Å². The van der Waals surface area contributed by atoms with E-state index < -0.39 is 0 Å². The Morgan fingerprint density at radius 2 is 1.40 bits per heavy atom. The van der Waals surface area contributed by atoms with Crippen LogP contribution in [-0.4, -0.2) is 6.04 Å². The summed E-state index contributed by atoms with van der Waals surface area (Å²) >= 11 is 0. The first kappa shape index (κ1) is 27.2. The zero-order valence-electron chi connectivity index (χ0n) is 24.7. The Morgan fingerprint density at radius 1 is 0.714 bits per heavy atom. The van der Waals surface area contributed by atoms with Crippen molar-refractivity contribution in [3.05, 3.63) is 102 Å². The molecule has 1 heterocycles. The molecule has 214 valence electrons. The molecule has 3 nitrogen and oxygen atoms in total. The van der Waals surface area contributed by atoms with Gasteiger partial charge in [0.25, 0.3) is 0 Å². The zero-order valence-corrected chi connectivity index (χ0v) is 25.7. The van der Waals surface area contributed by atoms with Gasteiger partial charge in [0.15, 0.2) is 0 Å². The van der Waals surface area contributed by atoms with Crippen LogP contribution in [0.25, 0.3) is 43.5 Å². The van der Waals surface area contributed by atoms with Gasteiger partial charge in [-0.15, -0.1) is 0 Å². The van der Waals surface area contributed by atoms with Gasteiger partial charge in [0, 0.05) is 27.9 Å². The summed E-state index contributed by atoms with van der Waals surface area (Å²) in [7, 11) is -0.0674. The molecule has 6 aromatic rings. The molecule has 0 saturated carbocycles. The van der Waals surface area contributed by atoms with Crippen molar-refractivity contribution < 1.29 is 8.39 Å². The van der Waals surface area contributed by atoms with Crippen LogP contribution in [0.2, 0.25) is 0 Å². The molecule has 0 spiro atoms. The third-order valence-electron chi connectivity index (χ3n) is 9.33. The van der Waals surface area contributed by atoms with E-state index in [1.165, 1.54) is 83.3 Å². The quantitative estimate of drug-likeness (QED) is 0.172.